The zero-order valence-electron chi connectivity index (χ0n) is 13.9. The van der Waals surface area contributed by atoms with Crippen molar-refractivity contribution in [2.24, 2.45) is 11.8 Å². The van der Waals surface area contributed by atoms with Crippen LogP contribution >= 0.6 is 0 Å². The zero-order chi connectivity index (χ0) is 15.0. The van der Waals surface area contributed by atoms with Crippen LogP contribution in [0.1, 0.15) is 49.9 Å². The first kappa shape index (κ1) is 14.8. The molecule has 3 nitrogen and oxygen atoms in total. The molecule has 0 aromatic carbocycles. The molecule has 1 aliphatic carbocycles. The van der Waals surface area contributed by atoms with Gasteiger partial charge in [-0.3, -0.25) is 0 Å². The Hall–Kier alpha value is -1.09. The van der Waals surface area contributed by atoms with Crippen molar-refractivity contribution in [3.8, 4) is 0 Å². The minimum absolute atomic E-state index is 0.748. The minimum atomic E-state index is 0.748. The molecule has 0 radical (unpaired) electrons. The van der Waals surface area contributed by atoms with Crippen molar-refractivity contribution >= 4 is 5.82 Å². The van der Waals surface area contributed by atoms with E-state index in [1.54, 1.807) is 0 Å². The Morgan fingerprint density at radius 2 is 1.86 bits per heavy atom. The second-order valence-electron chi connectivity index (χ2n) is 7.39. The lowest BCUT2D eigenvalue weighted by Crippen LogP contribution is -2.40. The van der Waals surface area contributed by atoms with Crippen LogP contribution in [0.5, 0.6) is 0 Å². The van der Waals surface area contributed by atoms with Crippen molar-refractivity contribution in [2.45, 2.75) is 59.5 Å². The summed E-state index contributed by atoms with van der Waals surface area (Å²) in [5, 5.41) is 3.67. The first-order valence-electron chi connectivity index (χ1n) is 8.48. The number of aromatic nitrogens is 1. The van der Waals surface area contributed by atoms with Crippen LogP contribution in [0.15, 0.2) is 6.07 Å². The van der Waals surface area contributed by atoms with Crippen molar-refractivity contribution in [3.63, 3.8) is 0 Å². The van der Waals surface area contributed by atoms with E-state index in [0.717, 1.165) is 43.2 Å². The van der Waals surface area contributed by atoms with Gasteiger partial charge in [-0.1, -0.05) is 13.8 Å². The van der Waals surface area contributed by atoms with Crippen molar-refractivity contribution in [2.75, 3.05) is 18.0 Å². The van der Waals surface area contributed by atoms with Gasteiger partial charge in [0.15, 0.2) is 0 Å². The highest BCUT2D eigenvalue weighted by Gasteiger charge is 2.26. The highest BCUT2D eigenvalue weighted by Crippen LogP contribution is 2.30. The quantitative estimate of drug-likeness (QED) is 0.919. The van der Waals surface area contributed by atoms with E-state index < -0.39 is 0 Å². The third kappa shape index (κ3) is 3.57. The van der Waals surface area contributed by atoms with E-state index in [0.29, 0.717) is 0 Å². The molecule has 21 heavy (non-hydrogen) atoms. The normalized spacial score (nSPS) is 26.2. The average Bonchev–Trinajstić information content (AvgIpc) is 3.19. The average molecular weight is 287 g/mol. The van der Waals surface area contributed by atoms with Crippen LogP contribution in [0.25, 0.3) is 0 Å². The predicted molar refractivity (Wildman–Crippen MR) is 88.7 cm³/mol. The van der Waals surface area contributed by atoms with Crippen molar-refractivity contribution in [3.05, 3.63) is 22.9 Å². The SMILES string of the molecule is Cc1cc(C)c(CNC2CC2)c(N2CC(C)CC(C)C2)n1. The lowest BCUT2D eigenvalue weighted by atomic mass is 9.91. The van der Waals surface area contributed by atoms with E-state index in [-0.39, 0.29) is 0 Å². The maximum atomic E-state index is 4.91. The zero-order valence-corrected chi connectivity index (χ0v) is 13.9. The molecule has 2 aliphatic rings. The third-order valence-corrected chi connectivity index (χ3v) is 4.77. The molecule has 0 spiro atoms. The number of nitrogens with one attached hydrogen (secondary N) is 1. The monoisotopic (exact) mass is 287 g/mol. The smallest absolute Gasteiger partial charge is 0.133 e. The fourth-order valence-electron chi connectivity index (χ4n) is 3.69. The van der Waals surface area contributed by atoms with Crippen molar-refractivity contribution in [1.82, 2.24) is 10.3 Å². The molecule has 1 aromatic rings. The molecule has 2 unspecified atom stereocenters. The molecule has 1 saturated carbocycles. The van der Waals surface area contributed by atoms with Gasteiger partial charge >= 0.3 is 0 Å². The summed E-state index contributed by atoms with van der Waals surface area (Å²) in [6.45, 7) is 12.4. The summed E-state index contributed by atoms with van der Waals surface area (Å²) in [4.78, 5) is 7.44. The number of aryl methyl sites for hydroxylation is 2. The van der Waals surface area contributed by atoms with E-state index in [2.05, 4.69) is 44.0 Å². The molecule has 1 aliphatic heterocycles. The second-order valence-corrected chi connectivity index (χ2v) is 7.39. The van der Waals surface area contributed by atoms with Gasteiger partial charge in [0.2, 0.25) is 0 Å². The van der Waals surface area contributed by atoms with E-state index in [1.165, 1.54) is 36.2 Å². The number of rotatable bonds is 4. The first-order chi connectivity index (χ1) is 10.0. The largest absolute Gasteiger partial charge is 0.356 e. The highest BCUT2D eigenvalue weighted by molar-refractivity contribution is 5.52. The van der Waals surface area contributed by atoms with E-state index in [1.807, 2.05) is 0 Å². The Morgan fingerprint density at radius 3 is 2.48 bits per heavy atom. The fourth-order valence-corrected chi connectivity index (χ4v) is 3.69. The van der Waals surface area contributed by atoms with Crippen LogP contribution in [0.2, 0.25) is 0 Å². The standard InChI is InChI=1S/C18H29N3/c1-12-7-13(2)11-21(10-12)18-17(9-19-16-5-6-16)14(3)8-15(4)20-18/h8,12-13,16,19H,5-7,9-11H2,1-4H3. The topological polar surface area (TPSA) is 28.2 Å². The van der Waals surface area contributed by atoms with Gasteiger partial charge in [0, 0.05) is 36.9 Å². The van der Waals surface area contributed by atoms with Gasteiger partial charge in [-0.05, 0) is 56.6 Å². The van der Waals surface area contributed by atoms with Gasteiger partial charge in [0.25, 0.3) is 0 Å². The molecule has 116 valence electrons. The minimum Gasteiger partial charge on any atom is -0.356 e. The van der Waals surface area contributed by atoms with E-state index in [9.17, 15) is 0 Å². The van der Waals surface area contributed by atoms with Crippen molar-refractivity contribution < 1.29 is 0 Å². The molecule has 3 rings (SSSR count). The summed E-state index contributed by atoms with van der Waals surface area (Å²) in [6, 6.07) is 2.97. The highest BCUT2D eigenvalue weighted by atomic mass is 15.2. The third-order valence-electron chi connectivity index (χ3n) is 4.77. The van der Waals surface area contributed by atoms with Gasteiger partial charge in [-0.15, -0.1) is 0 Å². The predicted octanol–water partition coefficient (Wildman–Crippen LogP) is 3.43. The Labute approximate surface area is 129 Å². The summed E-state index contributed by atoms with van der Waals surface area (Å²) < 4.78 is 0. The van der Waals surface area contributed by atoms with Gasteiger partial charge in [0.1, 0.15) is 5.82 Å². The van der Waals surface area contributed by atoms with Gasteiger partial charge in [-0.2, -0.15) is 0 Å². The van der Waals surface area contributed by atoms with E-state index >= 15 is 0 Å². The molecule has 2 heterocycles. The molecule has 0 amide bonds. The molecular formula is C18H29N3. The fraction of sp³-hybridized carbons (Fsp3) is 0.722. The van der Waals surface area contributed by atoms with Crippen LogP contribution in [0, 0.1) is 25.7 Å². The van der Waals surface area contributed by atoms with Crippen LogP contribution in [-0.2, 0) is 6.54 Å². The first-order valence-corrected chi connectivity index (χ1v) is 8.48. The van der Waals surface area contributed by atoms with Gasteiger partial charge in [0.05, 0.1) is 0 Å². The number of hydrogen-bond donors (Lipinski definition) is 1. The van der Waals surface area contributed by atoms with Crippen molar-refractivity contribution in [1.29, 1.82) is 0 Å². The number of anilines is 1. The number of piperidine rings is 1. The summed E-state index contributed by atoms with van der Waals surface area (Å²) in [6.07, 6.45) is 4.02. The second kappa shape index (κ2) is 5.96. The maximum absolute atomic E-state index is 4.91. The molecule has 2 atom stereocenters. The summed E-state index contributed by atoms with van der Waals surface area (Å²) >= 11 is 0. The Balaban J connectivity index is 1.87. The lowest BCUT2D eigenvalue weighted by Gasteiger charge is -2.37. The Kier molecular flexibility index (Phi) is 4.21. The van der Waals surface area contributed by atoms with Crippen LogP contribution in [-0.4, -0.2) is 24.1 Å². The molecular weight excluding hydrogens is 258 g/mol. The molecule has 2 fully saturated rings. The number of nitrogens with zero attached hydrogens (tertiary/aromatic N) is 2. The maximum Gasteiger partial charge on any atom is 0.133 e. The Bertz CT molecular complexity index is 497. The molecule has 1 aromatic heterocycles. The molecule has 1 saturated heterocycles. The summed E-state index contributed by atoms with van der Waals surface area (Å²) in [5.74, 6) is 2.76. The molecule has 0 bridgehead atoms. The van der Waals surface area contributed by atoms with Gasteiger partial charge in [-0.25, -0.2) is 4.98 Å². The Morgan fingerprint density at radius 1 is 1.19 bits per heavy atom. The van der Waals surface area contributed by atoms with E-state index in [4.69, 9.17) is 4.98 Å². The summed E-state index contributed by atoms with van der Waals surface area (Å²) in [7, 11) is 0. The number of hydrogen-bond acceptors (Lipinski definition) is 3. The van der Waals surface area contributed by atoms with Gasteiger partial charge < -0.3 is 10.2 Å². The lowest BCUT2D eigenvalue weighted by molar-refractivity contribution is 0.354. The molecule has 1 N–H and O–H groups in total. The molecule has 3 heteroatoms. The van der Waals surface area contributed by atoms with Crippen LogP contribution in [0.3, 0.4) is 0 Å². The number of pyridine rings is 1. The van der Waals surface area contributed by atoms with Crippen LogP contribution in [0.4, 0.5) is 5.82 Å². The summed E-state index contributed by atoms with van der Waals surface area (Å²) in [5.41, 5.74) is 3.94. The van der Waals surface area contributed by atoms with Crippen LogP contribution < -0.4 is 10.2 Å².